The summed E-state index contributed by atoms with van der Waals surface area (Å²) in [6.07, 6.45) is -1.87. The number of benzene rings is 1. The lowest BCUT2D eigenvalue weighted by molar-refractivity contribution is -0.137. The second-order valence-corrected chi connectivity index (χ2v) is 4.20. The van der Waals surface area contributed by atoms with E-state index in [4.69, 9.17) is 9.84 Å². The number of carboxylic acids is 1. The number of nitrogens with zero attached hydrogens (tertiary/aromatic N) is 1. The Morgan fingerprint density at radius 1 is 1.19 bits per heavy atom. The molecule has 1 heterocycles. The van der Waals surface area contributed by atoms with E-state index in [2.05, 4.69) is 4.98 Å². The van der Waals surface area contributed by atoms with Crippen molar-refractivity contribution in [1.29, 1.82) is 0 Å². The predicted molar refractivity (Wildman–Crippen MR) is 67.0 cm³/mol. The van der Waals surface area contributed by atoms with Crippen LogP contribution in [-0.4, -0.2) is 16.1 Å². The second kappa shape index (κ2) is 5.82. The van der Waals surface area contributed by atoms with Crippen LogP contribution >= 0.6 is 0 Å². The van der Waals surface area contributed by atoms with Crippen LogP contribution in [0.4, 0.5) is 13.2 Å². The summed E-state index contributed by atoms with van der Waals surface area (Å²) < 4.78 is 42.5. The number of pyridine rings is 1. The van der Waals surface area contributed by atoms with E-state index in [0.717, 1.165) is 12.1 Å². The zero-order valence-electron chi connectivity index (χ0n) is 10.6. The first-order valence-electron chi connectivity index (χ1n) is 5.83. The van der Waals surface area contributed by atoms with Crippen LogP contribution in [0.25, 0.3) is 0 Å². The highest BCUT2D eigenvalue weighted by molar-refractivity contribution is 5.87. The van der Waals surface area contributed by atoms with E-state index in [9.17, 15) is 18.0 Å². The molecule has 1 N–H and O–H groups in total. The molecule has 0 fully saturated rings. The van der Waals surface area contributed by atoms with Gasteiger partial charge in [0.25, 0.3) is 0 Å². The first-order valence-corrected chi connectivity index (χ1v) is 5.83. The second-order valence-electron chi connectivity index (χ2n) is 4.20. The average molecular weight is 297 g/mol. The number of ether oxygens (including phenoxy) is 1. The first kappa shape index (κ1) is 14.8. The van der Waals surface area contributed by atoms with E-state index < -0.39 is 17.7 Å². The molecule has 0 bridgehead atoms. The van der Waals surface area contributed by atoms with Crippen molar-refractivity contribution in [3.05, 3.63) is 59.4 Å². The molecule has 2 rings (SSSR count). The summed E-state index contributed by atoms with van der Waals surface area (Å²) in [6.45, 7) is 0.0168. The number of halogens is 3. The van der Waals surface area contributed by atoms with Crippen molar-refractivity contribution in [2.24, 2.45) is 0 Å². The van der Waals surface area contributed by atoms with Gasteiger partial charge in [-0.25, -0.2) is 4.79 Å². The van der Waals surface area contributed by atoms with Gasteiger partial charge >= 0.3 is 12.1 Å². The van der Waals surface area contributed by atoms with E-state index in [1.807, 2.05) is 0 Å². The molecular weight excluding hydrogens is 287 g/mol. The molecule has 0 radical (unpaired) electrons. The van der Waals surface area contributed by atoms with Gasteiger partial charge in [-0.1, -0.05) is 12.1 Å². The van der Waals surface area contributed by atoms with Crippen LogP contribution in [0.5, 0.6) is 5.75 Å². The molecule has 110 valence electrons. The number of aromatic nitrogens is 1. The van der Waals surface area contributed by atoms with Crippen LogP contribution in [0.15, 0.2) is 42.7 Å². The topological polar surface area (TPSA) is 59.4 Å². The molecule has 7 heteroatoms. The fourth-order valence-corrected chi connectivity index (χ4v) is 1.57. The van der Waals surface area contributed by atoms with Crippen LogP contribution in [0.3, 0.4) is 0 Å². The third-order valence-electron chi connectivity index (χ3n) is 2.65. The van der Waals surface area contributed by atoms with E-state index in [-0.39, 0.29) is 17.9 Å². The van der Waals surface area contributed by atoms with Crippen molar-refractivity contribution >= 4 is 5.97 Å². The number of alkyl halides is 3. The van der Waals surface area contributed by atoms with Gasteiger partial charge in [-0.05, 0) is 23.8 Å². The molecule has 4 nitrogen and oxygen atoms in total. The number of rotatable bonds is 4. The van der Waals surface area contributed by atoms with Gasteiger partial charge < -0.3 is 9.84 Å². The normalized spacial score (nSPS) is 11.2. The highest BCUT2D eigenvalue weighted by Crippen LogP contribution is 2.29. The van der Waals surface area contributed by atoms with E-state index in [1.165, 1.54) is 30.6 Å². The lowest BCUT2D eigenvalue weighted by atomic mass is 10.1. The highest BCUT2D eigenvalue weighted by Gasteiger charge is 2.29. The van der Waals surface area contributed by atoms with Crippen molar-refractivity contribution < 1.29 is 27.8 Å². The summed E-state index contributed by atoms with van der Waals surface area (Å²) in [7, 11) is 0. The minimum Gasteiger partial charge on any atom is -0.487 e. The van der Waals surface area contributed by atoms with Crippen LogP contribution in [0, 0.1) is 0 Å². The minimum atomic E-state index is -4.38. The van der Waals surface area contributed by atoms with Gasteiger partial charge in [0, 0.05) is 6.20 Å². The predicted octanol–water partition coefficient (Wildman–Crippen LogP) is 3.38. The SMILES string of the molecule is O=C(O)c1cncc(OCc2ccc(C(F)(F)F)cc2)c1. The maximum Gasteiger partial charge on any atom is 0.416 e. The van der Waals surface area contributed by atoms with Gasteiger partial charge in [-0.2, -0.15) is 13.2 Å². The molecule has 1 aromatic carbocycles. The summed E-state index contributed by atoms with van der Waals surface area (Å²) in [5.41, 5.74) is -0.232. The maximum atomic E-state index is 12.4. The van der Waals surface area contributed by atoms with Gasteiger partial charge in [0.15, 0.2) is 0 Å². The lowest BCUT2D eigenvalue weighted by Gasteiger charge is -2.09. The van der Waals surface area contributed by atoms with Crippen LogP contribution < -0.4 is 4.74 Å². The lowest BCUT2D eigenvalue weighted by Crippen LogP contribution is -2.05. The van der Waals surface area contributed by atoms with E-state index in [0.29, 0.717) is 5.56 Å². The van der Waals surface area contributed by atoms with Crippen molar-refractivity contribution in [2.75, 3.05) is 0 Å². The molecule has 0 saturated carbocycles. The number of carbonyl (C=O) groups is 1. The molecule has 0 spiro atoms. The van der Waals surface area contributed by atoms with Crippen molar-refractivity contribution in [1.82, 2.24) is 4.98 Å². The Balaban J connectivity index is 2.03. The fourth-order valence-electron chi connectivity index (χ4n) is 1.57. The van der Waals surface area contributed by atoms with Gasteiger partial charge in [0.2, 0.25) is 0 Å². The number of carboxylic acid groups (broad SMARTS) is 1. The monoisotopic (exact) mass is 297 g/mol. The number of aromatic carboxylic acids is 1. The standard InChI is InChI=1S/C14H10F3NO3/c15-14(16,17)11-3-1-9(2-4-11)8-21-12-5-10(13(19)20)6-18-7-12/h1-7H,8H2,(H,19,20). The first-order chi connectivity index (χ1) is 9.86. The van der Waals surface area contributed by atoms with Crippen LogP contribution in [0.2, 0.25) is 0 Å². The molecule has 0 unspecified atom stereocenters. The molecule has 0 saturated heterocycles. The molecule has 0 aliphatic heterocycles. The molecule has 1 aromatic heterocycles. The fraction of sp³-hybridized carbons (Fsp3) is 0.143. The maximum absolute atomic E-state index is 12.4. The van der Waals surface area contributed by atoms with Gasteiger partial charge in [0.1, 0.15) is 12.4 Å². The summed E-state index contributed by atoms with van der Waals surface area (Å²) in [6, 6.07) is 5.82. The van der Waals surface area contributed by atoms with Gasteiger partial charge in [0.05, 0.1) is 17.3 Å². The molecule has 0 aliphatic carbocycles. The smallest absolute Gasteiger partial charge is 0.416 e. The van der Waals surface area contributed by atoms with E-state index in [1.54, 1.807) is 0 Å². The average Bonchev–Trinajstić information content (AvgIpc) is 2.45. The Hall–Kier alpha value is -2.57. The van der Waals surface area contributed by atoms with E-state index >= 15 is 0 Å². The third kappa shape index (κ3) is 3.95. The zero-order chi connectivity index (χ0) is 15.5. The number of hydrogen-bond donors (Lipinski definition) is 1. The van der Waals surface area contributed by atoms with Crippen molar-refractivity contribution in [3.63, 3.8) is 0 Å². The van der Waals surface area contributed by atoms with Crippen LogP contribution in [0.1, 0.15) is 21.5 Å². The summed E-state index contributed by atoms with van der Waals surface area (Å²) >= 11 is 0. The molecule has 21 heavy (non-hydrogen) atoms. The Morgan fingerprint density at radius 2 is 1.86 bits per heavy atom. The van der Waals surface area contributed by atoms with Crippen molar-refractivity contribution in [3.8, 4) is 5.75 Å². The largest absolute Gasteiger partial charge is 0.487 e. The summed E-state index contributed by atoms with van der Waals surface area (Å²) in [4.78, 5) is 14.5. The Labute approximate surface area is 117 Å². The summed E-state index contributed by atoms with van der Waals surface area (Å²) in [5, 5.41) is 8.80. The summed E-state index contributed by atoms with van der Waals surface area (Å²) in [5.74, 6) is -0.905. The van der Waals surface area contributed by atoms with Gasteiger partial charge in [-0.15, -0.1) is 0 Å². The molecule has 0 atom stereocenters. The highest BCUT2D eigenvalue weighted by atomic mass is 19.4. The Kier molecular flexibility index (Phi) is 4.11. The van der Waals surface area contributed by atoms with Gasteiger partial charge in [-0.3, -0.25) is 4.98 Å². The molecule has 0 amide bonds. The zero-order valence-corrected chi connectivity index (χ0v) is 10.6. The van der Waals surface area contributed by atoms with Crippen LogP contribution in [-0.2, 0) is 12.8 Å². The van der Waals surface area contributed by atoms with Crippen molar-refractivity contribution in [2.45, 2.75) is 12.8 Å². The molecular formula is C14H10F3NO3. The number of hydrogen-bond acceptors (Lipinski definition) is 3. The minimum absolute atomic E-state index is 0.0168. The quantitative estimate of drug-likeness (QED) is 0.940. The molecule has 0 aliphatic rings. The Bertz CT molecular complexity index is 639. The molecule has 2 aromatic rings. The third-order valence-corrected chi connectivity index (χ3v) is 2.65. The Morgan fingerprint density at radius 3 is 2.43 bits per heavy atom.